The molecule has 2 rings (SSSR count). The number of aromatic hydroxyl groups is 1. The first kappa shape index (κ1) is 11.4. The van der Waals surface area contributed by atoms with E-state index in [0.717, 1.165) is 0 Å². The summed E-state index contributed by atoms with van der Waals surface area (Å²) in [6, 6.07) is 7.10. The second-order valence-corrected chi connectivity index (χ2v) is 5.15. The predicted octanol–water partition coefficient (Wildman–Crippen LogP) is 2.99. The lowest BCUT2D eigenvalue weighted by molar-refractivity contribution is -0.0905. The first-order valence-corrected chi connectivity index (χ1v) is 5.47. The zero-order valence-electron chi connectivity index (χ0n) is 10.2. The number of rotatable bonds is 1. The van der Waals surface area contributed by atoms with Crippen molar-refractivity contribution in [1.82, 2.24) is 0 Å². The number of hydrogen-bond acceptors (Lipinski definition) is 3. The minimum absolute atomic E-state index is 0.209. The Morgan fingerprint density at radius 2 is 1.50 bits per heavy atom. The van der Waals surface area contributed by atoms with E-state index in [1.807, 2.05) is 39.8 Å². The Morgan fingerprint density at radius 1 is 1.00 bits per heavy atom. The largest absolute Gasteiger partial charge is 0.507 e. The van der Waals surface area contributed by atoms with Crippen molar-refractivity contribution in [2.45, 2.75) is 45.2 Å². The van der Waals surface area contributed by atoms with Crippen LogP contribution in [-0.4, -0.2) is 16.3 Å². The van der Waals surface area contributed by atoms with Crippen molar-refractivity contribution >= 4 is 0 Å². The van der Waals surface area contributed by atoms with Gasteiger partial charge in [0, 0.05) is 5.56 Å². The topological polar surface area (TPSA) is 38.7 Å². The van der Waals surface area contributed by atoms with E-state index >= 15 is 0 Å². The van der Waals surface area contributed by atoms with Crippen LogP contribution in [-0.2, 0) is 9.47 Å². The summed E-state index contributed by atoms with van der Waals surface area (Å²) in [6.45, 7) is 7.97. The van der Waals surface area contributed by atoms with E-state index in [9.17, 15) is 5.11 Å². The first-order chi connectivity index (χ1) is 7.33. The first-order valence-electron chi connectivity index (χ1n) is 5.47. The summed E-state index contributed by atoms with van der Waals surface area (Å²) in [6.07, 6.45) is -0.494. The summed E-state index contributed by atoms with van der Waals surface area (Å²) in [7, 11) is 0. The van der Waals surface area contributed by atoms with Crippen LogP contribution in [0.2, 0.25) is 0 Å². The van der Waals surface area contributed by atoms with Crippen LogP contribution in [0.4, 0.5) is 0 Å². The molecule has 0 amide bonds. The SMILES string of the molecule is CC1(C)OC(c2ccccc2O)OC1(C)C. The predicted molar refractivity (Wildman–Crippen MR) is 61.2 cm³/mol. The molecule has 1 saturated heterocycles. The zero-order chi connectivity index (χ0) is 12.0. The van der Waals surface area contributed by atoms with Crippen molar-refractivity contribution in [1.29, 1.82) is 0 Å². The van der Waals surface area contributed by atoms with Crippen molar-refractivity contribution in [2.75, 3.05) is 0 Å². The number of benzene rings is 1. The quantitative estimate of drug-likeness (QED) is 0.793. The molecule has 0 bridgehead atoms. The van der Waals surface area contributed by atoms with Gasteiger partial charge in [-0.25, -0.2) is 0 Å². The van der Waals surface area contributed by atoms with Gasteiger partial charge in [-0.1, -0.05) is 18.2 Å². The molecular weight excluding hydrogens is 204 g/mol. The number of ether oxygens (including phenoxy) is 2. The molecule has 1 aliphatic rings. The molecule has 0 aliphatic carbocycles. The van der Waals surface area contributed by atoms with Gasteiger partial charge in [0.05, 0.1) is 11.2 Å². The molecule has 0 atom stereocenters. The summed E-state index contributed by atoms with van der Waals surface area (Å²) in [4.78, 5) is 0. The third kappa shape index (κ3) is 1.70. The molecule has 16 heavy (non-hydrogen) atoms. The average molecular weight is 222 g/mol. The van der Waals surface area contributed by atoms with Gasteiger partial charge < -0.3 is 14.6 Å². The molecule has 1 heterocycles. The monoisotopic (exact) mass is 222 g/mol. The number of hydrogen-bond donors (Lipinski definition) is 1. The molecule has 0 radical (unpaired) electrons. The fourth-order valence-electron chi connectivity index (χ4n) is 1.66. The summed E-state index contributed by atoms with van der Waals surface area (Å²) in [5, 5.41) is 9.75. The van der Waals surface area contributed by atoms with Gasteiger partial charge in [-0.05, 0) is 33.8 Å². The van der Waals surface area contributed by atoms with Crippen LogP contribution >= 0.6 is 0 Å². The van der Waals surface area contributed by atoms with Gasteiger partial charge in [0.1, 0.15) is 5.75 Å². The Kier molecular flexibility index (Phi) is 2.48. The molecule has 1 fully saturated rings. The molecule has 0 aromatic heterocycles. The number of para-hydroxylation sites is 1. The molecular formula is C13H18O3. The summed E-state index contributed by atoms with van der Waals surface area (Å²) >= 11 is 0. The van der Waals surface area contributed by atoms with Crippen LogP contribution in [0.25, 0.3) is 0 Å². The molecule has 0 spiro atoms. The Balaban J connectivity index is 2.31. The molecule has 1 aliphatic heterocycles. The molecule has 1 aromatic rings. The Morgan fingerprint density at radius 3 is 2.00 bits per heavy atom. The lowest BCUT2D eigenvalue weighted by atomic mass is 9.90. The normalized spacial score (nSPS) is 23.5. The summed E-state index contributed by atoms with van der Waals surface area (Å²) in [5.74, 6) is 0.209. The maximum absolute atomic E-state index is 9.75. The van der Waals surface area contributed by atoms with Crippen molar-refractivity contribution in [3.05, 3.63) is 29.8 Å². The molecule has 88 valence electrons. The highest BCUT2D eigenvalue weighted by Crippen LogP contribution is 2.46. The Hall–Kier alpha value is -1.06. The smallest absolute Gasteiger partial charge is 0.188 e. The standard InChI is InChI=1S/C13H18O3/c1-12(2)13(3,4)16-11(15-12)9-7-5-6-8-10(9)14/h5-8,11,14H,1-4H3. The second kappa shape index (κ2) is 3.47. The van der Waals surface area contributed by atoms with Crippen molar-refractivity contribution in [3.63, 3.8) is 0 Å². The van der Waals surface area contributed by atoms with Crippen LogP contribution in [0.1, 0.15) is 39.5 Å². The van der Waals surface area contributed by atoms with E-state index < -0.39 is 6.29 Å². The van der Waals surface area contributed by atoms with Gasteiger partial charge in [0.25, 0.3) is 0 Å². The van der Waals surface area contributed by atoms with Crippen LogP contribution in [0.5, 0.6) is 5.75 Å². The minimum atomic E-state index is -0.494. The molecule has 1 aromatic carbocycles. The van der Waals surface area contributed by atoms with Crippen LogP contribution in [0.3, 0.4) is 0 Å². The van der Waals surface area contributed by atoms with E-state index in [1.165, 1.54) is 0 Å². The van der Waals surface area contributed by atoms with Gasteiger partial charge in [0.2, 0.25) is 0 Å². The second-order valence-electron chi connectivity index (χ2n) is 5.15. The van der Waals surface area contributed by atoms with Crippen LogP contribution < -0.4 is 0 Å². The molecule has 0 unspecified atom stereocenters. The van der Waals surface area contributed by atoms with Crippen LogP contribution in [0, 0.1) is 0 Å². The molecule has 1 N–H and O–H groups in total. The highest BCUT2D eigenvalue weighted by molar-refractivity contribution is 5.33. The van der Waals surface area contributed by atoms with Gasteiger partial charge in [-0.3, -0.25) is 0 Å². The lowest BCUT2D eigenvalue weighted by Crippen LogP contribution is -2.41. The zero-order valence-corrected chi connectivity index (χ0v) is 10.2. The van der Waals surface area contributed by atoms with Gasteiger partial charge in [0.15, 0.2) is 6.29 Å². The van der Waals surface area contributed by atoms with E-state index in [1.54, 1.807) is 12.1 Å². The highest BCUT2D eigenvalue weighted by atomic mass is 16.7. The van der Waals surface area contributed by atoms with E-state index in [-0.39, 0.29) is 17.0 Å². The van der Waals surface area contributed by atoms with Gasteiger partial charge in [-0.2, -0.15) is 0 Å². The maximum atomic E-state index is 9.75. The van der Waals surface area contributed by atoms with Gasteiger partial charge in [-0.15, -0.1) is 0 Å². The van der Waals surface area contributed by atoms with Crippen molar-refractivity contribution in [2.24, 2.45) is 0 Å². The number of phenols is 1. The highest BCUT2D eigenvalue weighted by Gasteiger charge is 2.49. The van der Waals surface area contributed by atoms with Crippen molar-refractivity contribution in [3.8, 4) is 5.75 Å². The third-order valence-electron chi connectivity index (χ3n) is 3.44. The van der Waals surface area contributed by atoms with Crippen molar-refractivity contribution < 1.29 is 14.6 Å². The third-order valence-corrected chi connectivity index (χ3v) is 3.44. The van der Waals surface area contributed by atoms with E-state index in [0.29, 0.717) is 5.56 Å². The Labute approximate surface area is 96.0 Å². The van der Waals surface area contributed by atoms with Gasteiger partial charge >= 0.3 is 0 Å². The fraction of sp³-hybridized carbons (Fsp3) is 0.538. The maximum Gasteiger partial charge on any atom is 0.188 e. The van der Waals surface area contributed by atoms with E-state index in [2.05, 4.69) is 0 Å². The van der Waals surface area contributed by atoms with Crippen LogP contribution in [0.15, 0.2) is 24.3 Å². The van der Waals surface area contributed by atoms with E-state index in [4.69, 9.17) is 9.47 Å². The average Bonchev–Trinajstić information content (AvgIpc) is 2.36. The summed E-state index contributed by atoms with van der Waals surface area (Å²) < 4.78 is 11.7. The fourth-order valence-corrected chi connectivity index (χ4v) is 1.66. The molecule has 0 saturated carbocycles. The Bertz CT molecular complexity index is 380. The number of phenolic OH excluding ortho intramolecular Hbond substituents is 1. The lowest BCUT2D eigenvalue weighted by Gasteiger charge is -2.30. The molecule has 3 heteroatoms. The molecule has 3 nitrogen and oxygen atoms in total. The minimum Gasteiger partial charge on any atom is -0.507 e. The summed E-state index contributed by atoms with van der Waals surface area (Å²) in [5.41, 5.74) is -0.0685.